The molecule has 0 spiro atoms. The van der Waals surface area contributed by atoms with Crippen molar-refractivity contribution in [1.82, 2.24) is 5.32 Å². The maximum absolute atomic E-state index is 3.68. The summed E-state index contributed by atoms with van der Waals surface area (Å²) in [7, 11) is 0. The fraction of sp³-hybridized carbons (Fsp3) is 1.00. The Hall–Kier alpha value is 0.310. The van der Waals surface area contributed by atoms with E-state index in [-0.39, 0.29) is 0 Å². The molecule has 0 aromatic heterocycles. The van der Waals surface area contributed by atoms with Gasteiger partial charge in [-0.1, -0.05) is 33.6 Å². The van der Waals surface area contributed by atoms with Crippen LogP contribution < -0.4 is 5.32 Å². The second kappa shape index (κ2) is 6.73. The first-order valence-electron chi connectivity index (χ1n) is 6.03. The third-order valence-electron chi connectivity index (χ3n) is 2.76. The van der Waals surface area contributed by atoms with E-state index in [2.05, 4.69) is 37.8 Å². The maximum Gasteiger partial charge on any atom is 0.0144 e. The first-order chi connectivity index (χ1) is 6.68. The topological polar surface area (TPSA) is 12.0 Å². The molecule has 0 radical (unpaired) electrons. The number of nitrogens with one attached hydrogen (secondary N) is 1. The van der Waals surface area contributed by atoms with Crippen LogP contribution in [0.25, 0.3) is 0 Å². The minimum absolute atomic E-state index is 0.776. The molecule has 1 aliphatic carbocycles. The van der Waals surface area contributed by atoms with Gasteiger partial charge in [0, 0.05) is 17.8 Å². The molecule has 0 bridgehead atoms. The van der Waals surface area contributed by atoms with E-state index in [9.17, 15) is 0 Å². The molecule has 0 aliphatic heterocycles. The molecule has 0 aromatic rings. The molecular weight excluding hydrogens is 190 g/mol. The molecule has 1 saturated carbocycles. The Kier molecular flexibility index (Phi) is 5.95. The summed E-state index contributed by atoms with van der Waals surface area (Å²) in [5.74, 6) is 2.13. The van der Waals surface area contributed by atoms with Gasteiger partial charge in [-0.15, -0.1) is 0 Å². The van der Waals surface area contributed by atoms with Crippen molar-refractivity contribution in [3.05, 3.63) is 0 Å². The largest absolute Gasteiger partial charge is 0.313 e. The predicted octanol–water partition coefficient (Wildman–Crippen LogP) is 3.30. The molecule has 1 aliphatic rings. The quantitative estimate of drug-likeness (QED) is 0.729. The van der Waals surface area contributed by atoms with Crippen LogP contribution in [0.3, 0.4) is 0 Å². The predicted molar refractivity (Wildman–Crippen MR) is 67.0 cm³/mol. The lowest BCUT2D eigenvalue weighted by molar-refractivity contribution is 0.527. The lowest BCUT2D eigenvalue weighted by Crippen LogP contribution is -2.31. The van der Waals surface area contributed by atoms with Gasteiger partial charge in [0.2, 0.25) is 0 Å². The van der Waals surface area contributed by atoms with E-state index in [1.165, 1.54) is 38.0 Å². The molecule has 14 heavy (non-hydrogen) atoms. The second-order valence-corrected chi connectivity index (χ2v) is 6.40. The Morgan fingerprint density at radius 3 is 2.43 bits per heavy atom. The summed E-state index contributed by atoms with van der Waals surface area (Å²) in [6.45, 7) is 8.13. The van der Waals surface area contributed by atoms with Gasteiger partial charge in [0.05, 0.1) is 0 Å². The van der Waals surface area contributed by atoms with Gasteiger partial charge in [-0.3, -0.25) is 0 Å². The highest BCUT2D eigenvalue weighted by atomic mass is 32.2. The van der Waals surface area contributed by atoms with Crippen LogP contribution in [0.1, 0.15) is 46.5 Å². The summed E-state index contributed by atoms with van der Waals surface area (Å²) >= 11 is 2.11. The smallest absolute Gasteiger partial charge is 0.0144 e. The molecule has 1 unspecified atom stereocenters. The number of hydrogen-bond acceptors (Lipinski definition) is 2. The van der Waals surface area contributed by atoms with Crippen LogP contribution in [0, 0.1) is 5.92 Å². The Labute approximate surface area is 93.4 Å². The summed E-state index contributed by atoms with van der Waals surface area (Å²) in [4.78, 5) is 0. The van der Waals surface area contributed by atoms with Crippen LogP contribution in [-0.2, 0) is 0 Å². The molecule has 0 heterocycles. The lowest BCUT2D eigenvalue weighted by atomic mass is 10.2. The molecule has 0 amide bonds. The van der Waals surface area contributed by atoms with Crippen molar-refractivity contribution in [3.63, 3.8) is 0 Å². The van der Waals surface area contributed by atoms with Gasteiger partial charge >= 0.3 is 0 Å². The van der Waals surface area contributed by atoms with E-state index in [0.717, 1.165) is 17.2 Å². The second-order valence-electron chi connectivity index (χ2n) is 4.93. The Bertz CT molecular complexity index is 141. The fourth-order valence-electron chi connectivity index (χ4n) is 1.88. The van der Waals surface area contributed by atoms with Crippen molar-refractivity contribution in [3.8, 4) is 0 Å². The van der Waals surface area contributed by atoms with Crippen LogP contribution >= 0.6 is 11.8 Å². The van der Waals surface area contributed by atoms with Crippen LogP contribution in [0.5, 0.6) is 0 Å². The minimum Gasteiger partial charge on any atom is -0.313 e. The van der Waals surface area contributed by atoms with Crippen molar-refractivity contribution in [2.24, 2.45) is 5.92 Å². The Morgan fingerprint density at radius 1 is 1.21 bits per heavy atom. The maximum atomic E-state index is 3.68. The van der Waals surface area contributed by atoms with Gasteiger partial charge in [0.1, 0.15) is 0 Å². The highest BCUT2D eigenvalue weighted by Gasteiger charge is 2.15. The van der Waals surface area contributed by atoms with Crippen molar-refractivity contribution in [1.29, 1.82) is 0 Å². The minimum atomic E-state index is 0.776. The number of hydrogen-bond donors (Lipinski definition) is 1. The van der Waals surface area contributed by atoms with E-state index in [4.69, 9.17) is 0 Å². The fourth-order valence-corrected chi connectivity index (χ4v) is 2.81. The van der Waals surface area contributed by atoms with Gasteiger partial charge in [-0.05, 0) is 24.5 Å². The third kappa shape index (κ3) is 5.26. The van der Waals surface area contributed by atoms with Crippen LogP contribution in [-0.4, -0.2) is 23.6 Å². The monoisotopic (exact) mass is 215 g/mol. The van der Waals surface area contributed by atoms with Gasteiger partial charge in [0.25, 0.3) is 0 Å². The Morgan fingerprint density at radius 2 is 1.86 bits per heavy atom. The van der Waals surface area contributed by atoms with Crippen LogP contribution in [0.2, 0.25) is 0 Å². The molecule has 1 nitrogen and oxygen atoms in total. The van der Waals surface area contributed by atoms with E-state index in [1.54, 1.807) is 0 Å². The van der Waals surface area contributed by atoms with E-state index in [0.29, 0.717) is 0 Å². The first-order valence-corrected chi connectivity index (χ1v) is 7.08. The zero-order valence-corrected chi connectivity index (χ0v) is 10.7. The molecule has 2 heteroatoms. The molecule has 0 saturated heterocycles. The Balaban J connectivity index is 1.99. The van der Waals surface area contributed by atoms with Gasteiger partial charge in [-0.2, -0.15) is 11.8 Å². The SMILES string of the molecule is CC(C)CSC(C)CNC1CCCC1. The van der Waals surface area contributed by atoms with Crippen molar-refractivity contribution < 1.29 is 0 Å². The molecule has 1 atom stereocenters. The van der Waals surface area contributed by atoms with Crippen molar-refractivity contribution >= 4 is 11.8 Å². The zero-order valence-electron chi connectivity index (χ0n) is 9.88. The summed E-state index contributed by atoms with van der Waals surface area (Å²) in [5, 5.41) is 4.46. The standard InChI is InChI=1S/C12H25NS/c1-10(2)9-14-11(3)8-13-12-6-4-5-7-12/h10-13H,4-9H2,1-3H3. The third-order valence-corrected chi connectivity index (χ3v) is 4.36. The lowest BCUT2D eigenvalue weighted by Gasteiger charge is -2.17. The van der Waals surface area contributed by atoms with E-state index >= 15 is 0 Å². The number of rotatable bonds is 6. The number of thioether (sulfide) groups is 1. The average molecular weight is 215 g/mol. The molecular formula is C12H25NS. The molecule has 0 aromatic carbocycles. The van der Waals surface area contributed by atoms with Gasteiger partial charge in [0.15, 0.2) is 0 Å². The summed E-state index contributed by atoms with van der Waals surface area (Å²) in [5.41, 5.74) is 0. The van der Waals surface area contributed by atoms with Crippen LogP contribution in [0.15, 0.2) is 0 Å². The van der Waals surface area contributed by atoms with E-state index < -0.39 is 0 Å². The summed E-state index contributed by atoms with van der Waals surface area (Å²) < 4.78 is 0. The van der Waals surface area contributed by atoms with Crippen molar-refractivity contribution in [2.45, 2.75) is 57.7 Å². The molecule has 84 valence electrons. The normalized spacial score (nSPS) is 20.6. The van der Waals surface area contributed by atoms with Gasteiger partial charge < -0.3 is 5.32 Å². The summed E-state index contributed by atoms with van der Waals surface area (Å²) in [6.07, 6.45) is 5.68. The summed E-state index contributed by atoms with van der Waals surface area (Å²) in [6, 6.07) is 0.831. The molecule has 1 fully saturated rings. The zero-order chi connectivity index (χ0) is 10.4. The molecule has 1 N–H and O–H groups in total. The molecule has 1 rings (SSSR count). The van der Waals surface area contributed by atoms with Gasteiger partial charge in [-0.25, -0.2) is 0 Å². The average Bonchev–Trinajstić information content (AvgIpc) is 2.63. The van der Waals surface area contributed by atoms with Crippen molar-refractivity contribution in [2.75, 3.05) is 12.3 Å². The first kappa shape index (κ1) is 12.4. The van der Waals surface area contributed by atoms with E-state index in [1.807, 2.05) is 0 Å². The highest BCUT2D eigenvalue weighted by Crippen LogP contribution is 2.19. The highest BCUT2D eigenvalue weighted by molar-refractivity contribution is 7.99. The van der Waals surface area contributed by atoms with Crippen LogP contribution in [0.4, 0.5) is 0 Å².